The third-order valence-electron chi connectivity index (χ3n) is 5.18. The molecule has 0 saturated carbocycles. The second-order valence-corrected chi connectivity index (χ2v) is 7.94. The number of hydrogen-bond acceptors (Lipinski definition) is 4. The Morgan fingerprint density at radius 1 is 1.39 bits per heavy atom. The zero-order chi connectivity index (χ0) is 20.7. The van der Waals surface area contributed by atoms with Crippen molar-refractivity contribution in [1.29, 1.82) is 0 Å². The van der Waals surface area contributed by atoms with Gasteiger partial charge in [-0.2, -0.15) is 0 Å². The zero-order valence-corrected chi connectivity index (χ0v) is 17.3. The molecule has 1 unspecified atom stereocenters. The first kappa shape index (κ1) is 22.2. The number of carbonyl (C=O) groups excluding carboxylic acids is 2. The summed E-state index contributed by atoms with van der Waals surface area (Å²) in [5.74, 6) is 0.656. The third kappa shape index (κ3) is 6.23. The predicted molar refractivity (Wildman–Crippen MR) is 113 cm³/mol. The van der Waals surface area contributed by atoms with Crippen LogP contribution in [-0.4, -0.2) is 29.8 Å². The lowest BCUT2D eigenvalue weighted by Gasteiger charge is -2.30. The Morgan fingerprint density at radius 2 is 2.14 bits per heavy atom. The average molecular weight is 385 g/mol. The molecule has 0 radical (unpaired) electrons. The van der Waals surface area contributed by atoms with Crippen LogP contribution in [0.4, 0.5) is 0 Å². The van der Waals surface area contributed by atoms with Crippen molar-refractivity contribution in [2.45, 2.75) is 71.7 Å². The summed E-state index contributed by atoms with van der Waals surface area (Å²) in [4.78, 5) is 23.3. The van der Waals surface area contributed by atoms with Crippen molar-refractivity contribution >= 4 is 24.4 Å². The summed E-state index contributed by atoms with van der Waals surface area (Å²) in [5, 5.41) is 13.3. The smallest absolute Gasteiger partial charge is 0.534 e. The lowest BCUT2D eigenvalue weighted by atomic mass is 9.72. The van der Waals surface area contributed by atoms with E-state index in [1.165, 1.54) is 0 Å². The summed E-state index contributed by atoms with van der Waals surface area (Å²) in [6, 6.07) is 5.86. The molecule has 1 aliphatic rings. The maximum Gasteiger partial charge on any atom is 0.547 e. The van der Waals surface area contributed by atoms with Gasteiger partial charge in [0.2, 0.25) is 5.91 Å². The highest BCUT2D eigenvalue weighted by Gasteiger charge is 2.36. The largest absolute Gasteiger partial charge is 0.547 e. The van der Waals surface area contributed by atoms with Gasteiger partial charge in [0.15, 0.2) is 0 Å². The fraction of sp³-hybridized carbons (Fsp3) is 0.545. The molecule has 1 aromatic rings. The minimum Gasteiger partial charge on any atom is -0.534 e. The van der Waals surface area contributed by atoms with Crippen molar-refractivity contribution in [2.75, 3.05) is 0 Å². The Bertz CT molecular complexity index is 718. The van der Waals surface area contributed by atoms with E-state index >= 15 is 0 Å². The molecule has 0 spiro atoms. The topological polar surface area (TPSA) is 75.6 Å². The van der Waals surface area contributed by atoms with Crippen LogP contribution in [0.1, 0.15) is 70.4 Å². The van der Waals surface area contributed by atoms with E-state index in [9.17, 15) is 14.6 Å². The van der Waals surface area contributed by atoms with Crippen LogP contribution in [0.2, 0.25) is 0 Å². The molecule has 28 heavy (non-hydrogen) atoms. The van der Waals surface area contributed by atoms with Crippen LogP contribution in [0.3, 0.4) is 0 Å². The Kier molecular flexibility index (Phi) is 8.30. The second kappa shape index (κ2) is 10.5. The van der Waals surface area contributed by atoms with E-state index in [0.29, 0.717) is 30.9 Å². The molecule has 2 atom stereocenters. The fourth-order valence-electron chi connectivity index (χ4n) is 3.59. The lowest BCUT2D eigenvalue weighted by Crippen LogP contribution is -2.53. The molecule has 1 heterocycles. The van der Waals surface area contributed by atoms with Crippen molar-refractivity contribution < 1.29 is 19.3 Å². The minimum absolute atomic E-state index is 0.0574. The van der Waals surface area contributed by atoms with Crippen LogP contribution in [0.25, 0.3) is 5.57 Å². The number of fused-ring (bicyclic) bond motifs is 1. The number of rotatable bonds is 10. The van der Waals surface area contributed by atoms with Crippen LogP contribution in [-0.2, 0) is 16.0 Å². The van der Waals surface area contributed by atoms with Gasteiger partial charge < -0.3 is 19.8 Å². The Hall–Kier alpha value is -2.08. The second-order valence-electron chi connectivity index (χ2n) is 7.94. The van der Waals surface area contributed by atoms with Gasteiger partial charge in [0.1, 0.15) is 11.5 Å². The number of hydrogen-bond donors (Lipinski definition) is 2. The number of nitrogens with one attached hydrogen (secondary N) is 1. The summed E-state index contributed by atoms with van der Waals surface area (Å²) < 4.78 is 5.80. The molecule has 0 aliphatic carbocycles. The molecular weight excluding hydrogens is 353 g/mol. The predicted octanol–water partition coefficient (Wildman–Crippen LogP) is 3.72. The molecule has 152 valence electrons. The number of unbranched alkanes of at least 4 members (excludes halogenated alkanes) is 1. The molecule has 6 heteroatoms. The Morgan fingerprint density at radius 3 is 2.82 bits per heavy atom. The third-order valence-corrected chi connectivity index (χ3v) is 5.18. The maximum absolute atomic E-state index is 12.0. The number of benzene rings is 1. The van der Waals surface area contributed by atoms with Gasteiger partial charge in [0.25, 0.3) is 0 Å². The molecule has 1 aromatic carbocycles. The normalized spacial score (nSPS) is 16.7. The molecule has 0 saturated heterocycles. The average Bonchev–Trinajstić information content (AvgIpc) is 2.64. The molecule has 0 bridgehead atoms. The van der Waals surface area contributed by atoms with Gasteiger partial charge in [-0.25, -0.2) is 0 Å². The van der Waals surface area contributed by atoms with Gasteiger partial charge >= 0.3 is 7.12 Å². The summed E-state index contributed by atoms with van der Waals surface area (Å²) in [6.45, 7) is 9.92. The first-order chi connectivity index (χ1) is 13.3. The van der Waals surface area contributed by atoms with Gasteiger partial charge in [-0.05, 0) is 49.7 Å². The zero-order valence-electron chi connectivity index (χ0n) is 17.3. The number of Topliss-reactive ketones (excluding diaryl/α,β-unsaturated/α-hetero) is 1. The molecule has 5 nitrogen and oxygen atoms in total. The van der Waals surface area contributed by atoms with E-state index in [2.05, 4.69) is 18.8 Å². The summed E-state index contributed by atoms with van der Waals surface area (Å²) in [6.07, 6.45) is 4.99. The molecule has 1 aliphatic heterocycles. The van der Waals surface area contributed by atoms with Crippen molar-refractivity contribution in [3.8, 4) is 5.75 Å². The van der Waals surface area contributed by atoms with E-state index in [-0.39, 0.29) is 11.7 Å². The quantitative estimate of drug-likeness (QED) is 0.602. The molecular formula is C22H32BNO4. The van der Waals surface area contributed by atoms with Crippen molar-refractivity contribution in [2.24, 2.45) is 5.92 Å². The standard InChI is InChI=1S/C22H32BNO4/c1-5-6-10-21(26)24-20-14-18-8-7-9-19(22(18)28-23(20)27)16(3)12-11-15(2)13-17(4)25/h7-9,15,20,27H,3,5-6,10-14H2,1-2,4H3,(H,24,26)/t15?,20-/m0/s1. The van der Waals surface area contributed by atoms with E-state index in [1.54, 1.807) is 6.92 Å². The number of para-hydroxylation sites is 1. The first-order valence-electron chi connectivity index (χ1n) is 10.2. The highest BCUT2D eigenvalue weighted by molar-refractivity contribution is 6.46. The molecule has 1 amide bonds. The van der Waals surface area contributed by atoms with Crippen molar-refractivity contribution in [3.05, 3.63) is 35.9 Å². The number of carbonyl (C=O) groups is 2. The lowest BCUT2D eigenvalue weighted by molar-refractivity contribution is -0.121. The van der Waals surface area contributed by atoms with Crippen LogP contribution < -0.4 is 9.97 Å². The Labute approximate surface area is 168 Å². The highest BCUT2D eigenvalue weighted by atomic mass is 16.5. The number of allylic oxidation sites excluding steroid dienone is 1. The van der Waals surface area contributed by atoms with E-state index in [4.69, 9.17) is 4.65 Å². The van der Waals surface area contributed by atoms with Crippen LogP contribution in [0, 0.1) is 5.92 Å². The van der Waals surface area contributed by atoms with Gasteiger partial charge in [0.05, 0.1) is 5.94 Å². The van der Waals surface area contributed by atoms with Gasteiger partial charge in [-0.3, -0.25) is 4.79 Å². The van der Waals surface area contributed by atoms with Crippen LogP contribution in [0.15, 0.2) is 24.8 Å². The summed E-state index contributed by atoms with van der Waals surface area (Å²) in [5.41, 5.74) is 2.79. The summed E-state index contributed by atoms with van der Waals surface area (Å²) in [7, 11) is -1.08. The monoisotopic (exact) mass is 385 g/mol. The molecule has 2 rings (SSSR count). The number of amides is 1. The van der Waals surface area contributed by atoms with E-state index in [1.807, 2.05) is 25.1 Å². The SMILES string of the molecule is C=C(CCC(C)CC(C)=O)c1cccc2c1OB(O)[C@@H](NC(=O)CCCC)C2. The Balaban J connectivity index is 2.04. The fourth-order valence-corrected chi connectivity index (χ4v) is 3.59. The van der Waals surface area contributed by atoms with E-state index in [0.717, 1.165) is 42.4 Å². The minimum atomic E-state index is -1.08. The van der Waals surface area contributed by atoms with Crippen LogP contribution in [0.5, 0.6) is 5.75 Å². The number of ketones is 1. The van der Waals surface area contributed by atoms with Gasteiger partial charge in [-0.1, -0.05) is 45.0 Å². The molecule has 0 aromatic heterocycles. The summed E-state index contributed by atoms with van der Waals surface area (Å²) >= 11 is 0. The molecule has 0 fully saturated rings. The van der Waals surface area contributed by atoms with E-state index < -0.39 is 13.1 Å². The van der Waals surface area contributed by atoms with Gasteiger partial charge in [0, 0.05) is 18.4 Å². The van der Waals surface area contributed by atoms with Crippen molar-refractivity contribution in [1.82, 2.24) is 5.32 Å². The van der Waals surface area contributed by atoms with Crippen molar-refractivity contribution in [3.63, 3.8) is 0 Å². The van der Waals surface area contributed by atoms with Crippen LogP contribution >= 0.6 is 0 Å². The van der Waals surface area contributed by atoms with Gasteiger partial charge in [-0.15, -0.1) is 0 Å². The first-order valence-corrected chi connectivity index (χ1v) is 10.2. The maximum atomic E-state index is 12.0. The molecule has 2 N–H and O–H groups in total. The highest BCUT2D eigenvalue weighted by Crippen LogP contribution is 2.35.